The largest absolute Gasteiger partial charge is 0.497 e. The van der Waals surface area contributed by atoms with Crippen LogP contribution in [0.3, 0.4) is 0 Å². The van der Waals surface area contributed by atoms with E-state index in [0.29, 0.717) is 31.0 Å². The highest BCUT2D eigenvalue weighted by Crippen LogP contribution is 2.21. The van der Waals surface area contributed by atoms with Gasteiger partial charge >= 0.3 is 0 Å². The van der Waals surface area contributed by atoms with E-state index in [2.05, 4.69) is 5.32 Å². The number of benzene rings is 2. The van der Waals surface area contributed by atoms with Crippen LogP contribution in [0.25, 0.3) is 0 Å². The second-order valence-corrected chi connectivity index (χ2v) is 7.25. The summed E-state index contributed by atoms with van der Waals surface area (Å²) in [7, 11) is 1.60. The summed E-state index contributed by atoms with van der Waals surface area (Å²) in [6.07, 6.45) is 0.505. The summed E-state index contributed by atoms with van der Waals surface area (Å²) >= 11 is 0. The Hall–Kier alpha value is -3.02. The fraction of sp³-hybridized carbons (Fsp3) is 0.417. The summed E-state index contributed by atoms with van der Waals surface area (Å²) in [4.78, 5) is 27.4. The van der Waals surface area contributed by atoms with Crippen LogP contribution in [0.5, 0.6) is 11.5 Å². The van der Waals surface area contributed by atoms with Crippen molar-refractivity contribution in [3.05, 3.63) is 59.2 Å². The van der Waals surface area contributed by atoms with Gasteiger partial charge in [-0.2, -0.15) is 0 Å². The van der Waals surface area contributed by atoms with Crippen LogP contribution < -0.4 is 14.8 Å². The van der Waals surface area contributed by atoms with Gasteiger partial charge in [-0.3, -0.25) is 9.59 Å². The molecule has 0 radical (unpaired) electrons. The van der Waals surface area contributed by atoms with E-state index in [1.165, 1.54) is 0 Å². The average Bonchev–Trinajstić information content (AvgIpc) is 2.74. The van der Waals surface area contributed by atoms with Crippen LogP contribution in [-0.4, -0.2) is 43.0 Å². The predicted molar refractivity (Wildman–Crippen MR) is 118 cm³/mol. The molecule has 2 aromatic carbocycles. The molecule has 0 aromatic heterocycles. The number of aryl methyl sites for hydroxylation is 2. The van der Waals surface area contributed by atoms with E-state index >= 15 is 0 Å². The van der Waals surface area contributed by atoms with Gasteiger partial charge in [0.25, 0.3) is 5.91 Å². The zero-order valence-electron chi connectivity index (χ0n) is 18.5. The van der Waals surface area contributed by atoms with Crippen molar-refractivity contribution >= 4 is 11.8 Å². The minimum atomic E-state index is -0.578. The molecule has 0 aliphatic carbocycles. The second-order valence-electron chi connectivity index (χ2n) is 7.25. The van der Waals surface area contributed by atoms with Crippen LogP contribution in [-0.2, 0) is 16.1 Å². The number of carbonyl (C=O) groups is 2. The second kappa shape index (κ2) is 11.2. The van der Waals surface area contributed by atoms with Gasteiger partial charge in [-0.15, -0.1) is 0 Å². The van der Waals surface area contributed by atoms with Crippen molar-refractivity contribution < 1.29 is 19.1 Å². The molecule has 0 bridgehead atoms. The quantitative estimate of drug-likeness (QED) is 0.647. The highest BCUT2D eigenvalue weighted by Gasteiger charge is 2.28. The molecule has 2 amide bonds. The minimum Gasteiger partial charge on any atom is -0.497 e. The Labute approximate surface area is 179 Å². The highest BCUT2D eigenvalue weighted by atomic mass is 16.5. The van der Waals surface area contributed by atoms with Crippen molar-refractivity contribution in [1.29, 1.82) is 0 Å². The summed E-state index contributed by atoms with van der Waals surface area (Å²) in [5.41, 5.74) is 2.91. The molecular formula is C24H32N2O4. The number of hydrogen-bond acceptors (Lipinski definition) is 4. The van der Waals surface area contributed by atoms with E-state index in [-0.39, 0.29) is 18.4 Å². The first-order chi connectivity index (χ1) is 14.4. The number of nitrogens with one attached hydrogen (secondary N) is 1. The molecule has 0 saturated carbocycles. The van der Waals surface area contributed by atoms with Gasteiger partial charge in [0.05, 0.1) is 7.11 Å². The predicted octanol–water partition coefficient (Wildman–Crippen LogP) is 3.63. The molecule has 0 spiro atoms. The third-order valence-corrected chi connectivity index (χ3v) is 4.92. The maximum absolute atomic E-state index is 13.2. The Balaban J connectivity index is 2.24. The number of ether oxygens (including phenoxy) is 2. The molecule has 0 fully saturated rings. The first-order valence-electron chi connectivity index (χ1n) is 10.3. The fourth-order valence-electron chi connectivity index (χ4n) is 3.26. The summed E-state index contributed by atoms with van der Waals surface area (Å²) in [5.74, 6) is 0.980. The van der Waals surface area contributed by atoms with Crippen molar-refractivity contribution in [2.24, 2.45) is 0 Å². The topological polar surface area (TPSA) is 67.9 Å². The van der Waals surface area contributed by atoms with Gasteiger partial charge < -0.3 is 19.7 Å². The number of rotatable bonds is 10. The van der Waals surface area contributed by atoms with Crippen molar-refractivity contribution in [2.45, 2.75) is 46.7 Å². The maximum atomic E-state index is 13.2. The molecule has 2 aromatic rings. The molecule has 30 heavy (non-hydrogen) atoms. The van der Waals surface area contributed by atoms with E-state index in [9.17, 15) is 9.59 Å². The lowest BCUT2D eigenvalue weighted by atomic mass is 10.1. The van der Waals surface area contributed by atoms with Crippen molar-refractivity contribution in [3.8, 4) is 11.5 Å². The maximum Gasteiger partial charge on any atom is 0.261 e. The van der Waals surface area contributed by atoms with Crippen LogP contribution in [0.15, 0.2) is 42.5 Å². The standard InChI is InChI=1S/C24H32N2O4/c1-6-21(24(28)25-7-2)26(15-19-9-8-10-20(14-19)29-5)23(27)16-30-22-13-17(3)11-12-18(22)4/h8-14,21H,6-7,15-16H2,1-5H3,(H,25,28)/t21-/m1/s1. The first kappa shape index (κ1) is 23.3. The molecule has 1 atom stereocenters. The number of nitrogens with zero attached hydrogens (tertiary/aromatic N) is 1. The third kappa shape index (κ3) is 6.24. The van der Waals surface area contributed by atoms with Crippen LogP contribution in [0.1, 0.15) is 37.0 Å². The van der Waals surface area contributed by atoms with E-state index < -0.39 is 6.04 Å². The molecule has 162 valence electrons. The van der Waals surface area contributed by atoms with Crippen LogP contribution >= 0.6 is 0 Å². The van der Waals surface area contributed by atoms with E-state index in [1.54, 1.807) is 12.0 Å². The summed E-state index contributed by atoms with van der Waals surface area (Å²) < 4.78 is 11.1. The highest BCUT2D eigenvalue weighted by molar-refractivity contribution is 5.88. The fourth-order valence-corrected chi connectivity index (χ4v) is 3.26. The number of amides is 2. The third-order valence-electron chi connectivity index (χ3n) is 4.92. The monoisotopic (exact) mass is 412 g/mol. The molecule has 6 heteroatoms. The van der Waals surface area contributed by atoms with Gasteiger partial charge in [0.1, 0.15) is 17.5 Å². The Morgan fingerprint density at radius 1 is 1.10 bits per heavy atom. The van der Waals surface area contributed by atoms with Crippen molar-refractivity contribution in [3.63, 3.8) is 0 Å². The van der Waals surface area contributed by atoms with Crippen LogP contribution in [0.2, 0.25) is 0 Å². The zero-order chi connectivity index (χ0) is 22.1. The molecular weight excluding hydrogens is 380 g/mol. The Kier molecular flexibility index (Phi) is 8.71. The van der Waals surface area contributed by atoms with Crippen molar-refractivity contribution in [2.75, 3.05) is 20.3 Å². The first-order valence-corrected chi connectivity index (χ1v) is 10.3. The molecule has 2 rings (SSSR count). The lowest BCUT2D eigenvalue weighted by Crippen LogP contribution is -2.50. The minimum absolute atomic E-state index is 0.135. The summed E-state index contributed by atoms with van der Waals surface area (Å²) in [5, 5.41) is 2.83. The molecule has 0 aliphatic heterocycles. The van der Waals surface area contributed by atoms with Gasteiger partial charge in [-0.05, 0) is 62.1 Å². The van der Waals surface area contributed by atoms with E-state index in [1.807, 2.05) is 70.2 Å². The number of likely N-dealkylation sites (N-methyl/N-ethyl adjacent to an activating group) is 1. The van der Waals surface area contributed by atoms with Crippen LogP contribution in [0.4, 0.5) is 0 Å². The smallest absolute Gasteiger partial charge is 0.261 e. The lowest BCUT2D eigenvalue weighted by Gasteiger charge is -2.30. The van der Waals surface area contributed by atoms with Gasteiger partial charge in [-0.1, -0.05) is 31.2 Å². The van der Waals surface area contributed by atoms with Gasteiger partial charge in [0.2, 0.25) is 5.91 Å². The molecule has 6 nitrogen and oxygen atoms in total. The molecule has 0 heterocycles. The number of methoxy groups -OCH3 is 1. The van der Waals surface area contributed by atoms with Gasteiger partial charge in [-0.25, -0.2) is 0 Å². The summed E-state index contributed by atoms with van der Waals surface area (Å²) in [6.45, 7) is 8.35. The number of hydrogen-bond donors (Lipinski definition) is 1. The molecule has 0 aliphatic rings. The lowest BCUT2D eigenvalue weighted by molar-refractivity contribution is -0.142. The average molecular weight is 413 g/mol. The van der Waals surface area contributed by atoms with Crippen molar-refractivity contribution in [1.82, 2.24) is 10.2 Å². The summed E-state index contributed by atoms with van der Waals surface area (Å²) in [6, 6.07) is 12.8. The normalized spacial score (nSPS) is 11.5. The number of carbonyl (C=O) groups excluding carboxylic acids is 2. The molecule has 1 N–H and O–H groups in total. The van der Waals surface area contributed by atoms with Gasteiger partial charge in [0, 0.05) is 13.1 Å². The Bertz CT molecular complexity index is 866. The SMILES string of the molecule is CCNC(=O)[C@@H](CC)N(Cc1cccc(OC)c1)C(=O)COc1cc(C)ccc1C. The van der Waals surface area contributed by atoms with Crippen LogP contribution in [0, 0.1) is 13.8 Å². The Morgan fingerprint density at radius 3 is 2.53 bits per heavy atom. The van der Waals surface area contributed by atoms with Gasteiger partial charge in [0.15, 0.2) is 6.61 Å². The zero-order valence-corrected chi connectivity index (χ0v) is 18.5. The van der Waals surface area contributed by atoms with E-state index in [0.717, 1.165) is 16.7 Å². The van der Waals surface area contributed by atoms with E-state index in [4.69, 9.17) is 9.47 Å². The molecule has 0 unspecified atom stereocenters. The molecule has 0 saturated heterocycles. The Morgan fingerprint density at radius 2 is 1.87 bits per heavy atom.